The number of Topliss-reactive ketones (excluding diaryl/α,β-unsaturated/α-hetero) is 1. The minimum absolute atomic E-state index is 0.368. The van der Waals surface area contributed by atoms with Crippen molar-refractivity contribution in [2.75, 3.05) is 0 Å². The zero-order valence-electron chi connectivity index (χ0n) is 6.90. The smallest absolute Gasteiger partial charge is 0.159 e. The van der Waals surface area contributed by atoms with Crippen molar-refractivity contribution in [3.8, 4) is 0 Å². The van der Waals surface area contributed by atoms with Crippen molar-refractivity contribution in [1.29, 1.82) is 0 Å². The van der Waals surface area contributed by atoms with E-state index in [1.807, 2.05) is 13.8 Å². The molecule has 1 atom stereocenters. The number of carbonyl (C=O) groups is 1. The Morgan fingerprint density at radius 1 is 1.40 bits per heavy atom. The van der Waals surface area contributed by atoms with Crippen LogP contribution in [0.25, 0.3) is 0 Å². The van der Waals surface area contributed by atoms with E-state index in [2.05, 4.69) is 6.92 Å². The van der Waals surface area contributed by atoms with Crippen molar-refractivity contribution in [3.63, 3.8) is 0 Å². The van der Waals surface area contributed by atoms with Gasteiger partial charge in [-0.3, -0.25) is 4.79 Å². The maximum Gasteiger partial charge on any atom is 0.159 e. The lowest BCUT2D eigenvalue weighted by Crippen LogP contribution is -1.93. The van der Waals surface area contributed by atoms with E-state index in [0.717, 1.165) is 18.4 Å². The topological polar surface area (TPSA) is 17.1 Å². The quantitative estimate of drug-likeness (QED) is 0.469. The summed E-state index contributed by atoms with van der Waals surface area (Å²) in [6.45, 7) is 6.17. The highest BCUT2D eigenvalue weighted by Crippen LogP contribution is 2.28. The Kier molecular flexibility index (Phi) is 1.93. The molecular formula is C9H14O. The maximum absolute atomic E-state index is 11.2. The van der Waals surface area contributed by atoms with Crippen LogP contribution in [0.5, 0.6) is 0 Å². The van der Waals surface area contributed by atoms with E-state index in [1.54, 1.807) is 0 Å². The van der Waals surface area contributed by atoms with E-state index in [9.17, 15) is 4.79 Å². The first-order valence-electron chi connectivity index (χ1n) is 3.81. The Balaban J connectivity index is 2.83. The Labute approximate surface area is 62.1 Å². The van der Waals surface area contributed by atoms with E-state index >= 15 is 0 Å². The summed E-state index contributed by atoms with van der Waals surface area (Å²) >= 11 is 0. The first-order chi connectivity index (χ1) is 4.61. The Hall–Kier alpha value is -0.590. The average molecular weight is 138 g/mol. The zero-order chi connectivity index (χ0) is 7.72. The molecule has 0 aromatic rings. The van der Waals surface area contributed by atoms with Gasteiger partial charge in [0.05, 0.1) is 0 Å². The summed E-state index contributed by atoms with van der Waals surface area (Å²) in [5.41, 5.74) is 2.28. The van der Waals surface area contributed by atoms with Crippen LogP contribution in [0.1, 0.15) is 33.6 Å². The van der Waals surface area contributed by atoms with E-state index in [1.165, 1.54) is 5.57 Å². The van der Waals surface area contributed by atoms with Gasteiger partial charge in [-0.2, -0.15) is 0 Å². The fourth-order valence-corrected chi connectivity index (χ4v) is 1.46. The third kappa shape index (κ3) is 1.28. The molecule has 1 aliphatic carbocycles. The summed E-state index contributed by atoms with van der Waals surface area (Å²) in [5.74, 6) is 0.949. The van der Waals surface area contributed by atoms with Crippen molar-refractivity contribution in [2.24, 2.45) is 5.92 Å². The Bertz CT molecular complexity index is 185. The van der Waals surface area contributed by atoms with Crippen molar-refractivity contribution < 1.29 is 4.79 Å². The molecule has 1 nitrogen and oxygen atoms in total. The number of rotatable bonds is 0. The van der Waals surface area contributed by atoms with Crippen molar-refractivity contribution >= 4 is 5.78 Å². The number of carbonyl (C=O) groups excluding carboxylic acids is 1. The van der Waals surface area contributed by atoms with Gasteiger partial charge in [-0.1, -0.05) is 12.5 Å². The van der Waals surface area contributed by atoms with Gasteiger partial charge in [-0.15, -0.1) is 0 Å². The van der Waals surface area contributed by atoms with Crippen LogP contribution in [-0.4, -0.2) is 5.78 Å². The molecule has 0 heterocycles. The van der Waals surface area contributed by atoms with Gasteiger partial charge in [0.15, 0.2) is 5.78 Å². The van der Waals surface area contributed by atoms with Gasteiger partial charge in [-0.05, 0) is 31.8 Å². The van der Waals surface area contributed by atoms with Crippen LogP contribution in [0.3, 0.4) is 0 Å². The summed E-state index contributed by atoms with van der Waals surface area (Å²) < 4.78 is 0. The number of ketones is 1. The second-order valence-electron chi connectivity index (χ2n) is 3.42. The molecule has 1 saturated carbocycles. The fraction of sp³-hybridized carbons (Fsp3) is 0.667. The second kappa shape index (κ2) is 2.57. The largest absolute Gasteiger partial charge is 0.295 e. The van der Waals surface area contributed by atoms with E-state index < -0.39 is 0 Å². The molecule has 56 valence electrons. The minimum atomic E-state index is 0.368. The molecule has 0 amide bonds. The minimum Gasteiger partial charge on any atom is -0.295 e. The van der Waals surface area contributed by atoms with E-state index in [4.69, 9.17) is 0 Å². The van der Waals surface area contributed by atoms with Crippen molar-refractivity contribution in [3.05, 3.63) is 11.1 Å². The highest BCUT2D eigenvalue weighted by molar-refractivity contribution is 5.98. The molecule has 1 fully saturated rings. The third-order valence-corrected chi connectivity index (χ3v) is 2.03. The van der Waals surface area contributed by atoms with Crippen molar-refractivity contribution in [2.45, 2.75) is 33.6 Å². The van der Waals surface area contributed by atoms with Crippen LogP contribution in [0, 0.1) is 5.92 Å². The monoisotopic (exact) mass is 138 g/mol. The normalized spacial score (nSPS) is 25.7. The molecule has 0 aromatic heterocycles. The predicted octanol–water partition coefficient (Wildman–Crippen LogP) is 2.32. The third-order valence-electron chi connectivity index (χ3n) is 2.03. The molecule has 1 aliphatic rings. The van der Waals surface area contributed by atoms with Gasteiger partial charge in [0.1, 0.15) is 0 Å². The molecule has 0 spiro atoms. The molecule has 1 heteroatoms. The van der Waals surface area contributed by atoms with Crippen LogP contribution < -0.4 is 0 Å². The summed E-state index contributed by atoms with van der Waals surface area (Å²) in [4.78, 5) is 11.2. The SMILES string of the molecule is CC(C)=C1C[C@@H](C)CC1=O. The number of hydrogen-bond acceptors (Lipinski definition) is 1. The summed E-state index contributed by atoms with van der Waals surface area (Å²) in [6.07, 6.45) is 1.77. The lowest BCUT2D eigenvalue weighted by molar-refractivity contribution is -0.114. The van der Waals surface area contributed by atoms with Crippen LogP contribution in [-0.2, 0) is 4.79 Å². The Morgan fingerprint density at radius 2 is 2.00 bits per heavy atom. The molecule has 0 bridgehead atoms. The lowest BCUT2D eigenvalue weighted by atomic mass is 10.1. The van der Waals surface area contributed by atoms with Crippen LogP contribution in [0.15, 0.2) is 11.1 Å². The molecule has 0 aliphatic heterocycles. The molecule has 10 heavy (non-hydrogen) atoms. The fourth-order valence-electron chi connectivity index (χ4n) is 1.46. The zero-order valence-corrected chi connectivity index (χ0v) is 6.90. The molecule has 0 saturated heterocycles. The highest BCUT2D eigenvalue weighted by atomic mass is 16.1. The standard InChI is InChI=1S/C9H14O/c1-6(2)8-4-7(3)5-9(8)10/h7H,4-5H2,1-3H3/t7-/m1/s1. The first kappa shape index (κ1) is 7.52. The lowest BCUT2D eigenvalue weighted by Gasteiger charge is -1.96. The molecule has 0 radical (unpaired) electrons. The average Bonchev–Trinajstić information content (AvgIpc) is 2.10. The van der Waals surface area contributed by atoms with Crippen molar-refractivity contribution in [1.82, 2.24) is 0 Å². The van der Waals surface area contributed by atoms with Crippen LogP contribution >= 0.6 is 0 Å². The van der Waals surface area contributed by atoms with E-state index in [0.29, 0.717) is 11.7 Å². The van der Waals surface area contributed by atoms with Crippen LogP contribution in [0.4, 0.5) is 0 Å². The molecular weight excluding hydrogens is 124 g/mol. The molecule has 0 aromatic carbocycles. The molecule has 1 rings (SSSR count). The number of allylic oxidation sites excluding steroid dienone is 2. The summed E-state index contributed by atoms with van der Waals surface area (Å²) in [6, 6.07) is 0. The Morgan fingerprint density at radius 3 is 2.20 bits per heavy atom. The molecule has 0 N–H and O–H groups in total. The van der Waals surface area contributed by atoms with Gasteiger partial charge in [0, 0.05) is 6.42 Å². The van der Waals surface area contributed by atoms with Gasteiger partial charge >= 0.3 is 0 Å². The highest BCUT2D eigenvalue weighted by Gasteiger charge is 2.23. The summed E-state index contributed by atoms with van der Waals surface area (Å²) in [5, 5.41) is 0. The van der Waals surface area contributed by atoms with Gasteiger partial charge < -0.3 is 0 Å². The van der Waals surface area contributed by atoms with Gasteiger partial charge in [0.2, 0.25) is 0 Å². The van der Waals surface area contributed by atoms with Crippen LogP contribution in [0.2, 0.25) is 0 Å². The predicted molar refractivity (Wildman–Crippen MR) is 41.8 cm³/mol. The van der Waals surface area contributed by atoms with Gasteiger partial charge in [0.25, 0.3) is 0 Å². The summed E-state index contributed by atoms with van der Waals surface area (Å²) in [7, 11) is 0. The maximum atomic E-state index is 11.2. The first-order valence-corrected chi connectivity index (χ1v) is 3.81. The second-order valence-corrected chi connectivity index (χ2v) is 3.42. The van der Waals surface area contributed by atoms with Gasteiger partial charge in [-0.25, -0.2) is 0 Å². The molecule has 0 unspecified atom stereocenters. The van der Waals surface area contributed by atoms with E-state index in [-0.39, 0.29) is 0 Å². The number of hydrogen-bond donors (Lipinski definition) is 0.